The van der Waals surface area contributed by atoms with Crippen LogP contribution in [0, 0.1) is 5.92 Å². The van der Waals surface area contributed by atoms with E-state index < -0.39 is 18.1 Å². The summed E-state index contributed by atoms with van der Waals surface area (Å²) >= 11 is 0. The summed E-state index contributed by atoms with van der Waals surface area (Å²) in [5.41, 5.74) is 3.28. The van der Waals surface area contributed by atoms with Crippen molar-refractivity contribution in [3.63, 3.8) is 0 Å². The summed E-state index contributed by atoms with van der Waals surface area (Å²) in [7, 11) is 4.66. The molecule has 0 heterocycles. The zero-order valence-electron chi connectivity index (χ0n) is 29.9. The van der Waals surface area contributed by atoms with Gasteiger partial charge in [-0.25, -0.2) is 0 Å². The highest BCUT2D eigenvalue weighted by molar-refractivity contribution is 5.96. The topological polar surface area (TPSA) is 107 Å². The van der Waals surface area contributed by atoms with Gasteiger partial charge in [0.25, 0.3) is 5.91 Å². The molecule has 4 aromatic rings. The fourth-order valence-electron chi connectivity index (χ4n) is 6.59. The van der Waals surface area contributed by atoms with E-state index in [-0.39, 0.29) is 23.9 Å². The lowest BCUT2D eigenvalue weighted by molar-refractivity contribution is -0.138. The van der Waals surface area contributed by atoms with E-state index in [1.54, 1.807) is 24.1 Å². The molecule has 9 nitrogen and oxygen atoms in total. The van der Waals surface area contributed by atoms with Crippen molar-refractivity contribution in [2.45, 2.75) is 63.7 Å². The summed E-state index contributed by atoms with van der Waals surface area (Å²) < 4.78 is 22.7. The highest BCUT2D eigenvalue weighted by atomic mass is 16.5. The van der Waals surface area contributed by atoms with Crippen LogP contribution in [0.3, 0.4) is 0 Å². The van der Waals surface area contributed by atoms with E-state index >= 15 is 0 Å². The third-order valence-electron chi connectivity index (χ3n) is 9.53. The first-order valence-electron chi connectivity index (χ1n) is 17.8. The molecule has 51 heavy (non-hydrogen) atoms. The molecule has 5 rings (SSSR count). The van der Waals surface area contributed by atoms with Crippen LogP contribution in [-0.2, 0) is 24.2 Å². The molecule has 4 aromatic carbocycles. The van der Waals surface area contributed by atoms with Crippen molar-refractivity contribution in [2.24, 2.45) is 5.92 Å². The number of aliphatic hydroxyl groups is 1. The summed E-state index contributed by atoms with van der Waals surface area (Å²) in [5, 5.41) is 15.0. The zero-order chi connectivity index (χ0) is 36.0. The number of carbonyl (C=O) groups is 2. The number of amides is 2. The van der Waals surface area contributed by atoms with Crippen LogP contribution < -0.4 is 24.3 Å². The van der Waals surface area contributed by atoms with Crippen molar-refractivity contribution < 1.29 is 33.6 Å². The van der Waals surface area contributed by atoms with Crippen LogP contribution in [0.4, 0.5) is 0 Å². The number of rotatable bonds is 17. The Hall–Kier alpha value is -5.02. The van der Waals surface area contributed by atoms with Crippen LogP contribution in [0.25, 0.3) is 0 Å². The van der Waals surface area contributed by atoms with Gasteiger partial charge >= 0.3 is 0 Å². The molecular formula is C42H50N2O7. The first-order chi connectivity index (χ1) is 24.9. The van der Waals surface area contributed by atoms with Gasteiger partial charge in [0.05, 0.1) is 33.5 Å². The van der Waals surface area contributed by atoms with Crippen LogP contribution in [0.15, 0.2) is 97.1 Å². The van der Waals surface area contributed by atoms with Gasteiger partial charge in [-0.3, -0.25) is 9.59 Å². The number of hydrogen-bond acceptors (Lipinski definition) is 7. The second kappa shape index (κ2) is 18.8. The van der Waals surface area contributed by atoms with Gasteiger partial charge in [-0.05, 0) is 66.6 Å². The van der Waals surface area contributed by atoms with Crippen molar-refractivity contribution in [2.75, 3.05) is 34.4 Å². The number of methoxy groups -OCH3 is 3. The maximum atomic E-state index is 14.0. The normalized spacial score (nSPS) is 14.2. The number of hydrogen-bond donors (Lipinski definition) is 2. The minimum absolute atomic E-state index is 0.0626. The Kier molecular flexibility index (Phi) is 13.7. The Morgan fingerprint density at radius 1 is 0.784 bits per heavy atom. The Morgan fingerprint density at radius 2 is 1.39 bits per heavy atom. The van der Waals surface area contributed by atoms with Crippen molar-refractivity contribution in [1.29, 1.82) is 0 Å². The average Bonchev–Trinajstić information content (AvgIpc) is 3.18. The van der Waals surface area contributed by atoms with Crippen LogP contribution in [0.2, 0.25) is 0 Å². The van der Waals surface area contributed by atoms with Crippen molar-refractivity contribution in [3.8, 4) is 23.0 Å². The number of aliphatic hydroxyl groups excluding tert-OH is 1. The van der Waals surface area contributed by atoms with Gasteiger partial charge in [0, 0.05) is 24.6 Å². The third kappa shape index (κ3) is 10.5. The molecule has 0 saturated heterocycles. The number of benzene rings is 4. The van der Waals surface area contributed by atoms with E-state index in [9.17, 15) is 14.7 Å². The Morgan fingerprint density at radius 3 is 1.98 bits per heavy atom. The standard InChI is InChI=1S/C42H50N2O7/c1-48-35-21-19-30(20-22-35)23-24-44(42(47)33-17-11-6-12-18-33)28-37(45)36(25-31-13-7-4-8-14-31)43-41(46)34-26-38(49-2)40(39(27-34)50-3)51-29-32-15-9-5-10-16-32/h4-5,7-10,13-16,19-22,26-27,33,36-37,45H,6,11-12,17-18,23-25,28-29H2,1-3H3,(H,43,46)/t36-,37-/m0/s1. The van der Waals surface area contributed by atoms with Crippen molar-refractivity contribution in [3.05, 3.63) is 119 Å². The summed E-state index contributed by atoms with van der Waals surface area (Å²) in [6.07, 6.45) is 4.85. The SMILES string of the molecule is COc1ccc(CCN(C[C@H](O)[C@H](Cc2ccccc2)NC(=O)c2cc(OC)c(OCc3ccccc3)c(OC)c2)C(=O)C2CCCCC2)cc1. The van der Waals surface area contributed by atoms with E-state index in [2.05, 4.69) is 5.32 Å². The minimum atomic E-state index is -1.05. The number of nitrogens with one attached hydrogen (secondary N) is 1. The lowest BCUT2D eigenvalue weighted by Gasteiger charge is -2.33. The summed E-state index contributed by atoms with van der Waals surface area (Å²) in [6.45, 7) is 0.824. The Balaban J connectivity index is 1.36. The second-order valence-electron chi connectivity index (χ2n) is 13.0. The largest absolute Gasteiger partial charge is 0.497 e. The second-order valence-corrected chi connectivity index (χ2v) is 13.0. The molecule has 1 aliphatic rings. The van der Waals surface area contributed by atoms with Crippen LogP contribution in [0.1, 0.15) is 59.2 Å². The molecule has 1 saturated carbocycles. The molecule has 0 unspecified atom stereocenters. The van der Waals surface area contributed by atoms with Gasteiger partial charge in [0.2, 0.25) is 11.7 Å². The summed E-state index contributed by atoms with van der Waals surface area (Å²) in [5.74, 6) is 1.43. The molecule has 2 atom stereocenters. The molecule has 0 spiro atoms. The monoisotopic (exact) mass is 694 g/mol. The molecule has 0 aromatic heterocycles. The van der Waals surface area contributed by atoms with Gasteiger partial charge in [-0.15, -0.1) is 0 Å². The number of ether oxygens (including phenoxy) is 4. The molecule has 0 bridgehead atoms. The van der Waals surface area contributed by atoms with E-state index in [0.717, 1.165) is 54.5 Å². The van der Waals surface area contributed by atoms with E-state index in [1.165, 1.54) is 14.2 Å². The quantitative estimate of drug-likeness (QED) is 0.128. The molecule has 2 N–H and O–H groups in total. The molecule has 0 aliphatic heterocycles. The highest BCUT2D eigenvalue weighted by Crippen LogP contribution is 2.39. The van der Waals surface area contributed by atoms with E-state index in [1.807, 2.05) is 84.9 Å². The van der Waals surface area contributed by atoms with Gasteiger partial charge in [-0.2, -0.15) is 0 Å². The fourth-order valence-corrected chi connectivity index (χ4v) is 6.59. The Bertz CT molecular complexity index is 1650. The Labute approximate surface area is 301 Å². The number of carbonyl (C=O) groups excluding carboxylic acids is 2. The molecule has 1 fully saturated rings. The van der Waals surface area contributed by atoms with Gasteiger partial charge in [0.1, 0.15) is 12.4 Å². The maximum Gasteiger partial charge on any atom is 0.251 e. The van der Waals surface area contributed by atoms with Crippen LogP contribution in [0.5, 0.6) is 23.0 Å². The predicted octanol–water partition coefficient (Wildman–Crippen LogP) is 6.65. The summed E-state index contributed by atoms with van der Waals surface area (Å²) in [4.78, 5) is 29.7. The fraction of sp³-hybridized carbons (Fsp3) is 0.381. The molecule has 270 valence electrons. The lowest BCUT2D eigenvalue weighted by atomic mass is 9.88. The van der Waals surface area contributed by atoms with Crippen molar-refractivity contribution >= 4 is 11.8 Å². The molecule has 0 radical (unpaired) electrons. The first kappa shape index (κ1) is 37.2. The van der Waals surface area contributed by atoms with E-state index in [4.69, 9.17) is 18.9 Å². The first-order valence-corrected chi connectivity index (χ1v) is 17.8. The van der Waals surface area contributed by atoms with Gasteiger partial charge in [-0.1, -0.05) is 92.1 Å². The van der Waals surface area contributed by atoms with Crippen LogP contribution >= 0.6 is 0 Å². The molecule has 1 aliphatic carbocycles. The smallest absolute Gasteiger partial charge is 0.251 e. The number of nitrogens with zero attached hydrogens (tertiary/aromatic N) is 1. The minimum Gasteiger partial charge on any atom is -0.497 e. The summed E-state index contributed by atoms with van der Waals surface area (Å²) in [6, 6.07) is 29.8. The zero-order valence-corrected chi connectivity index (χ0v) is 29.9. The predicted molar refractivity (Wildman–Crippen MR) is 198 cm³/mol. The third-order valence-corrected chi connectivity index (χ3v) is 9.53. The molecule has 9 heteroatoms. The van der Waals surface area contributed by atoms with Crippen LogP contribution in [-0.4, -0.2) is 68.4 Å². The molecular weight excluding hydrogens is 644 g/mol. The van der Waals surface area contributed by atoms with Gasteiger partial charge < -0.3 is 34.3 Å². The lowest BCUT2D eigenvalue weighted by Crippen LogP contribution is -2.51. The maximum absolute atomic E-state index is 14.0. The highest BCUT2D eigenvalue weighted by Gasteiger charge is 2.31. The van der Waals surface area contributed by atoms with Crippen molar-refractivity contribution in [1.82, 2.24) is 10.2 Å². The molecule has 2 amide bonds. The average molecular weight is 695 g/mol. The van der Waals surface area contributed by atoms with Gasteiger partial charge in [0.15, 0.2) is 11.5 Å². The van der Waals surface area contributed by atoms with E-state index in [0.29, 0.717) is 43.2 Å².